The van der Waals surface area contributed by atoms with Crippen LogP contribution in [0.5, 0.6) is 5.75 Å². The van der Waals surface area contributed by atoms with Crippen LogP contribution in [0, 0.1) is 0 Å². The molecule has 1 fully saturated rings. The van der Waals surface area contributed by atoms with Gasteiger partial charge in [-0.1, -0.05) is 42.5 Å². The lowest BCUT2D eigenvalue weighted by molar-refractivity contribution is -0.154. The summed E-state index contributed by atoms with van der Waals surface area (Å²) < 4.78 is 16.8. The van der Waals surface area contributed by atoms with Crippen LogP contribution in [-0.2, 0) is 26.3 Å². The first-order valence-corrected chi connectivity index (χ1v) is 8.77. The van der Waals surface area contributed by atoms with Crippen molar-refractivity contribution in [1.29, 1.82) is 0 Å². The molecule has 0 atom stereocenters. The third kappa shape index (κ3) is 4.02. The molecule has 2 aromatic rings. The first-order valence-electron chi connectivity index (χ1n) is 8.77. The van der Waals surface area contributed by atoms with Crippen molar-refractivity contribution in [2.75, 3.05) is 19.8 Å². The highest BCUT2D eigenvalue weighted by Crippen LogP contribution is 2.37. The lowest BCUT2D eigenvalue weighted by atomic mass is 9.74. The maximum absolute atomic E-state index is 12.7. The fourth-order valence-electron chi connectivity index (χ4n) is 3.22. The van der Waals surface area contributed by atoms with E-state index < -0.39 is 5.41 Å². The number of hydrogen-bond donors (Lipinski definition) is 0. The van der Waals surface area contributed by atoms with Crippen LogP contribution in [0.25, 0.3) is 0 Å². The number of carbonyl (C=O) groups is 1. The summed E-state index contributed by atoms with van der Waals surface area (Å²) in [4.78, 5) is 12.7. The van der Waals surface area contributed by atoms with Gasteiger partial charge in [0.1, 0.15) is 12.4 Å². The van der Waals surface area contributed by atoms with Crippen LogP contribution in [0.2, 0.25) is 0 Å². The second kappa shape index (κ2) is 8.17. The van der Waals surface area contributed by atoms with Crippen molar-refractivity contribution in [3.63, 3.8) is 0 Å². The van der Waals surface area contributed by atoms with E-state index in [9.17, 15) is 4.79 Å². The summed E-state index contributed by atoms with van der Waals surface area (Å²) in [6.07, 6.45) is 1.27. The molecule has 3 rings (SSSR count). The molecule has 0 unspecified atom stereocenters. The van der Waals surface area contributed by atoms with E-state index in [1.165, 1.54) is 0 Å². The summed E-state index contributed by atoms with van der Waals surface area (Å²) in [5, 5.41) is 0. The number of carbonyl (C=O) groups excluding carboxylic acids is 1. The summed E-state index contributed by atoms with van der Waals surface area (Å²) in [6, 6.07) is 17.8. The van der Waals surface area contributed by atoms with Crippen molar-refractivity contribution < 1.29 is 19.0 Å². The van der Waals surface area contributed by atoms with Gasteiger partial charge in [0.05, 0.1) is 12.0 Å². The molecule has 0 aliphatic carbocycles. The molecule has 0 spiro atoms. The standard InChI is InChI=1S/C21H24O4/c1-2-24-20(22)21(11-13-23-14-12-21)18-9-6-10-19(15-18)25-16-17-7-4-3-5-8-17/h3-10,15H,2,11-14,16H2,1H3. The van der Waals surface area contributed by atoms with Gasteiger partial charge in [0.15, 0.2) is 0 Å². The largest absolute Gasteiger partial charge is 0.489 e. The number of benzene rings is 2. The SMILES string of the molecule is CCOC(=O)C1(c2cccc(OCc3ccccc3)c2)CCOCC1. The highest BCUT2D eigenvalue weighted by Gasteiger charge is 2.43. The first-order chi connectivity index (χ1) is 12.2. The van der Waals surface area contributed by atoms with Crippen molar-refractivity contribution in [3.8, 4) is 5.75 Å². The van der Waals surface area contributed by atoms with Gasteiger partial charge >= 0.3 is 5.97 Å². The minimum absolute atomic E-state index is 0.168. The fraction of sp³-hybridized carbons (Fsp3) is 0.381. The normalized spacial score (nSPS) is 16.2. The van der Waals surface area contributed by atoms with E-state index in [-0.39, 0.29) is 5.97 Å². The molecular formula is C21H24O4. The number of hydrogen-bond acceptors (Lipinski definition) is 4. The van der Waals surface area contributed by atoms with E-state index in [2.05, 4.69) is 0 Å². The fourth-order valence-corrected chi connectivity index (χ4v) is 3.22. The van der Waals surface area contributed by atoms with Gasteiger partial charge in [0, 0.05) is 13.2 Å². The molecule has 0 amide bonds. The monoisotopic (exact) mass is 340 g/mol. The van der Waals surface area contributed by atoms with Crippen LogP contribution in [0.4, 0.5) is 0 Å². The molecule has 0 bridgehead atoms. The van der Waals surface area contributed by atoms with E-state index >= 15 is 0 Å². The van der Waals surface area contributed by atoms with Gasteiger partial charge in [0.2, 0.25) is 0 Å². The van der Waals surface area contributed by atoms with E-state index in [1.54, 1.807) is 0 Å². The molecule has 1 aliphatic rings. The van der Waals surface area contributed by atoms with Gasteiger partial charge in [0.25, 0.3) is 0 Å². The molecule has 25 heavy (non-hydrogen) atoms. The van der Waals surface area contributed by atoms with Gasteiger partial charge in [-0.2, -0.15) is 0 Å². The highest BCUT2D eigenvalue weighted by molar-refractivity contribution is 5.83. The van der Waals surface area contributed by atoms with Crippen LogP contribution in [0.1, 0.15) is 30.9 Å². The second-order valence-corrected chi connectivity index (χ2v) is 6.22. The summed E-state index contributed by atoms with van der Waals surface area (Å²) in [5.41, 5.74) is 1.42. The zero-order valence-electron chi connectivity index (χ0n) is 14.6. The van der Waals surface area contributed by atoms with E-state index in [0.717, 1.165) is 16.9 Å². The van der Waals surface area contributed by atoms with Gasteiger partial charge in [-0.3, -0.25) is 4.79 Å². The van der Waals surface area contributed by atoms with Crippen LogP contribution in [0.3, 0.4) is 0 Å². The maximum atomic E-state index is 12.7. The Balaban J connectivity index is 1.81. The Morgan fingerprint density at radius 2 is 1.84 bits per heavy atom. The molecule has 132 valence electrons. The second-order valence-electron chi connectivity index (χ2n) is 6.22. The van der Waals surface area contributed by atoms with E-state index in [4.69, 9.17) is 14.2 Å². The van der Waals surface area contributed by atoms with Crippen molar-refractivity contribution >= 4 is 5.97 Å². The lowest BCUT2D eigenvalue weighted by Gasteiger charge is -2.35. The Hall–Kier alpha value is -2.33. The molecule has 1 saturated heterocycles. The van der Waals surface area contributed by atoms with E-state index in [0.29, 0.717) is 39.3 Å². The average Bonchev–Trinajstić information content (AvgIpc) is 2.68. The lowest BCUT2D eigenvalue weighted by Crippen LogP contribution is -2.42. The van der Waals surface area contributed by atoms with Crippen molar-refractivity contribution in [2.24, 2.45) is 0 Å². The summed E-state index contributed by atoms with van der Waals surface area (Å²) in [5.74, 6) is 0.593. The molecule has 1 heterocycles. The number of esters is 1. The highest BCUT2D eigenvalue weighted by atomic mass is 16.5. The number of ether oxygens (including phenoxy) is 3. The molecule has 4 heteroatoms. The molecule has 0 saturated carbocycles. The third-order valence-electron chi connectivity index (χ3n) is 4.65. The Kier molecular flexibility index (Phi) is 5.71. The topological polar surface area (TPSA) is 44.8 Å². The molecule has 4 nitrogen and oxygen atoms in total. The quantitative estimate of drug-likeness (QED) is 0.749. The van der Waals surface area contributed by atoms with Crippen LogP contribution in [0.15, 0.2) is 54.6 Å². The molecule has 0 aromatic heterocycles. The van der Waals surface area contributed by atoms with Gasteiger partial charge in [-0.05, 0) is 43.0 Å². The molecular weight excluding hydrogens is 316 g/mol. The number of rotatable bonds is 6. The Labute approximate surface area is 148 Å². The molecule has 0 radical (unpaired) electrons. The summed E-state index contributed by atoms with van der Waals surface area (Å²) in [6.45, 7) is 3.84. The Bertz CT molecular complexity index is 690. The van der Waals surface area contributed by atoms with Crippen LogP contribution in [-0.4, -0.2) is 25.8 Å². The molecule has 2 aromatic carbocycles. The third-order valence-corrected chi connectivity index (χ3v) is 4.65. The summed E-state index contributed by atoms with van der Waals surface area (Å²) in [7, 11) is 0. The van der Waals surface area contributed by atoms with Crippen molar-refractivity contribution in [2.45, 2.75) is 31.8 Å². The Morgan fingerprint density at radius 1 is 1.08 bits per heavy atom. The average molecular weight is 340 g/mol. The predicted octanol–water partition coefficient (Wildman–Crippen LogP) is 3.88. The van der Waals surface area contributed by atoms with Gasteiger partial charge in [-0.25, -0.2) is 0 Å². The molecule has 0 N–H and O–H groups in total. The minimum Gasteiger partial charge on any atom is -0.489 e. The van der Waals surface area contributed by atoms with Gasteiger partial charge in [-0.15, -0.1) is 0 Å². The smallest absolute Gasteiger partial charge is 0.316 e. The van der Waals surface area contributed by atoms with E-state index in [1.807, 2.05) is 61.5 Å². The van der Waals surface area contributed by atoms with Crippen molar-refractivity contribution in [3.05, 3.63) is 65.7 Å². The van der Waals surface area contributed by atoms with Crippen LogP contribution < -0.4 is 4.74 Å². The zero-order chi connectivity index (χ0) is 17.5. The predicted molar refractivity (Wildman–Crippen MR) is 95.6 cm³/mol. The minimum atomic E-state index is -0.639. The van der Waals surface area contributed by atoms with Gasteiger partial charge < -0.3 is 14.2 Å². The van der Waals surface area contributed by atoms with Crippen molar-refractivity contribution in [1.82, 2.24) is 0 Å². The first kappa shape index (κ1) is 17.5. The molecule has 1 aliphatic heterocycles. The Morgan fingerprint density at radius 3 is 2.56 bits per heavy atom. The van der Waals surface area contributed by atoms with Crippen LogP contribution >= 0.6 is 0 Å². The summed E-state index contributed by atoms with van der Waals surface area (Å²) >= 11 is 0. The zero-order valence-corrected chi connectivity index (χ0v) is 14.6. The maximum Gasteiger partial charge on any atom is 0.316 e.